The van der Waals surface area contributed by atoms with E-state index in [9.17, 15) is 0 Å². The Kier molecular flexibility index (Phi) is 3.15. The van der Waals surface area contributed by atoms with Gasteiger partial charge in [-0.3, -0.25) is 9.67 Å². The van der Waals surface area contributed by atoms with Crippen molar-refractivity contribution in [2.45, 2.75) is 6.92 Å². The van der Waals surface area contributed by atoms with E-state index in [0.717, 1.165) is 28.2 Å². The summed E-state index contributed by atoms with van der Waals surface area (Å²) < 4.78 is 2.29. The van der Waals surface area contributed by atoms with Gasteiger partial charge in [0.1, 0.15) is 10.5 Å². The second kappa shape index (κ2) is 4.97. The first kappa shape index (κ1) is 12.7. The highest BCUT2D eigenvalue weighted by molar-refractivity contribution is 7.71. The van der Waals surface area contributed by atoms with Crippen LogP contribution in [0.5, 0.6) is 0 Å². The molecule has 0 saturated carbocycles. The lowest BCUT2D eigenvalue weighted by Gasteiger charge is -2.06. The highest BCUT2D eigenvalue weighted by atomic mass is 32.1. The van der Waals surface area contributed by atoms with E-state index in [4.69, 9.17) is 12.2 Å². The van der Waals surface area contributed by atoms with Crippen molar-refractivity contribution >= 4 is 12.2 Å². The minimum atomic E-state index is 0.542. The van der Waals surface area contributed by atoms with Gasteiger partial charge in [0.25, 0.3) is 0 Å². The molecule has 6 heteroatoms. The molecule has 3 heterocycles. The minimum absolute atomic E-state index is 0.542. The zero-order valence-corrected chi connectivity index (χ0v) is 12.0. The number of pyridine rings is 1. The molecule has 0 radical (unpaired) electrons. The number of hydrogen-bond acceptors (Lipinski definition) is 4. The monoisotopic (exact) mass is 283 g/mol. The summed E-state index contributed by atoms with van der Waals surface area (Å²) in [6.07, 6.45) is 7.27. The molecule has 3 aromatic heterocycles. The van der Waals surface area contributed by atoms with Gasteiger partial charge in [-0.2, -0.15) is 5.10 Å². The maximum atomic E-state index is 5.26. The second-order valence-corrected chi connectivity index (χ2v) is 4.99. The van der Waals surface area contributed by atoms with E-state index in [0.29, 0.717) is 4.64 Å². The lowest BCUT2D eigenvalue weighted by atomic mass is 10.1. The third kappa shape index (κ3) is 2.37. The van der Waals surface area contributed by atoms with E-state index in [-0.39, 0.29) is 0 Å². The summed E-state index contributed by atoms with van der Waals surface area (Å²) in [5.74, 6) is 0.724. The molecule has 0 aliphatic carbocycles. The molecule has 5 nitrogen and oxygen atoms in total. The summed E-state index contributed by atoms with van der Waals surface area (Å²) >= 11 is 5.26. The maximum Gasteiger partial charge on any atom is 0.141 e. The molecule has 3 rings (SSSR count). The molecule has 0 atom stereocenters. The lowest BCUT2D eigenvalue weighted by molar-refractivity contribution is 0.768. The standard InChI is InChI=1S/C14H13N5S/c1-9-3-4-15-7-11(9)14-17-12(5-13(20)18-14)10-6-16-19(2)8-10/h3-8H,1-2H3,(H,17,18,20). The van der Waals surface area contributed by atoms with Crippen molar-refractivity contribution in [1.82, 2.24) is 24.7 Å². The van der Waals surface area contributed by atoms with Crippen molar-refractivity contribution in [2.75, 3.05) is 0 Å². The first-order valence-corrected chi connectivity index (χ1v) is 6.55. The quantitative estimate of drug-likeness (QED) is 0.735. The molecule has 1 N–H and O–H groups in total. The summed E-state index contributed by atoms with van der Waals surface area (Å²) in [7, 11) is 1.88. The fraction of sp³-hybridized carbons (Fsp3) is 0.143. The van der Waals surface area contributed by atoms with Crippen LogP contribution >= 0.6 is 12.2 Å². The van der Waals surface area contributed by atoms with Gasteiger partial charge in [-0.15, -0.1) is 0 Å². The van der Waals surface area contributed by atoms with Gasteiger partial charge in [-0.1, -0.05) is 12.2 Å². The molecular formula is C14H13N5S. The Hall–Kier alpha value is -2.34. The fourth-order valence-electron chi connectivity index (χ4n) is 2.01. The third-order valence-electron chi connectivity index (χ3n) is 3.05. The summed E-state index contributed by atoms with van der Waals surface area (Å²) in [5, 5.41) is 4.17. The Bertz CT molecular complexity index is 818. The molecular weight excluding hydrogens is 270 g/mol. The normalized spacial score (nSPS) is 10.7. The van der Waals surface area contributed by atoms with Crippen molar-refractivity contribution in [3.63, 3.8) is 0 Å². The molecule has 0 spiro atoms. The zero-order valence-electron chi connectivity index (χ0n) is 11.2. The topological polar surface area (TPSA) is 59.4 Å². The second-order valence-electron chi connectivity index (χ2n) is 4.57. The van der Waals surface area contributed by atoms with E-state index in [1.165, 1.54) is 0 Å². The molecule has 0 amide bonds. The average Bonchev–Trinajstić information content (AvgIpc) is 2.85. The van der Waals surface area contributed by atoms with Crippen molar-refractivity contribution in [1.29, 1.82) is 0 Å². The summed E-state index contributed by atoms with van der Waals surface area (Å²) in [5.41, 5.74) is 3.92. The van der Waals surface area contributed by atoms with Crippen LogP contribution in [0.3, 0.4) is 0 Å². The van der Waals surface area contributed by atoms with Gasteiger partial charge >= 0.3 is 0 Å². The smallest absolute Gasteiger partial charge is 0.141 e. The van der Waals surface area contributed by atoms with Crippen LogP contribution in [0.25, 0.3) is 22.6 Å². The number of H-pyrrole nitrogens is 1. The Morgan fingerprint density at radius 3 is 2.85 bits per heavy atom. The van der Waals surface area contributed by atoms with Crippen LogP contribution in [-0.2, 0) is 7.05 Å². The first-order valence-electron chi connectivity index (χ1n) is 6.15. The molecule has 3 aromatic rings. The molecule has 0 saturated heterocycles. The molecule has 0 aromatic carbocycles. The summed E-state index contributed by atoms with van der Waals surface area (Å²) in [4.78, 5) is 11.8. The average molecular weight is 283 g/mol. The number of hydrogen-bond donors (Lipinski definition) is 1. The van der Waals surface area contributed by atoms with Crippen LogP contribution in [0.1, 0.15) is 5.56 Å². The molecule has 0 aliphatic heterocycles. The van der Waals surface area contributed by atoms with Gasteiger partial charge in [0.2, 0.25) is 0 Å². The number of aromatic amines is 1. The molecule has 0 bridgehead atoms. The van der Waals surface area contributed by atoms with Gasteiger partial charge in [0, 0.05) is 36.8 Å². The Balaban J connectivity index is 2.17. The number of aryl methyl sites for hydroxylation is 2. The Morgan fingerprint density at radius 2 is 2.15 bits per heavy atom. The van der Waals surface area contributed by atoms with Gasteiger partial charge in [0.05, 0.1) is 11.9 Å². The van der Waals surface area contributed by atoms with Gasteiger partial charge in [0.15, 0.2) is 0 Å². The largest absolute Gasteiger partial charge is 0.339 e. The summed E-state index contributed by atoms with van der Waals surface area (Å²) in [6.45, 7) is 2.02. The summed E-state index contributed by atoms with van der Waals surface area (Å²) in [6, 6.07) is 3.78. The highest BCUT2D eigenvalue weighted by Gasteiger charge is 2.08. The predicted octanol–water partition coefficient (Wildman–Crippen LogP) is 2.91. The lowest BCUT2D eigenvalue weighted by Crippen LogP contribution is -1.95. The van der Waals surface area contributed by atoms with E-state index in [1.807, 2.05) is 32.3 Å². The fourth-order valence-corrected chi connectivity index (χ4v) is 2.22. The number of nitrogens with zero attached hydrogens (tertiary/aromatic N) is 4. The Morgan fingerprint density at radius 1 is 1.30 bits per heavy atom. The van der Waals surface area contributed by atoms with Gasteiger partial charge in [-0.25, -0.2) is 4.98 Å². The molecule has 0 aliphatic rings. The van der Waals surface area contributed by atoms with Gasteiger partial charge in [-0.05, 0) is 24.6 Å². The molecule has 100 valence electrons. The van der Waals surface area contributed by atoms with Crippen LogP contribution < -0.4 is 0 Å². The predicted molar refractivity (Wildman–Crippen MR) is 79.6 cm³/mol. The number of rotatable bonds is 2. The van der Waals surface area contributed by atoms with E-state index < -0.39 is 0 Å². The van der Waals surface area contributed by atoms with Crippen LogP contribution in [0.2, 0.25) is 0 Å². The van der Waals surface area contributed by atoms with Crippen LogP contribution in [0.4, 0.5) is 0 Å². The molecule has 0 fully saturated rings. The van der Waals surface area contributed by atoms with Crippen molar-refractivity contribution < 1.29 is 0 Å². The van der Waals surface area contributed by atoms with Crippen LogP contribution in [0, 0.1) is 11.6 Å². The Labute approximate surface area is 121 Å². The minimum Gasteiger partial charge on any atom is -0.339 e. The SMILES string of the molecule is Cc1ccncc1-c1nc(=S)cc(-c2cnn(C)c2)[nH]1. The van der Waals surface area contributed by atoms with Crippen molar-refractivity contribution in [3.8, 4) is 22.6 Å². The maximum absolute atomic E-state index is 5.26. The third-order valence-corrected chi connectivity index (χ3v) is 3.26. The van der Waals surface area contributed by atoms with Crippen LogP contribution in [0.15, 0.2) is 36.9 Å². The van der Waals surface area contributed by atoms with Crippen molar-refractivity contribution in [2.24, 2.45) is 7.05 Å². The number of nitrogens with one attached hydrogen (secondary N) is 1. The van der Waals surface area contributed by atoms with Crippen molar-refractivity contribution in [3.05, 3.63) is 47.1 Å². The van der Waals surface area contributed by atoms with Crippen LogP contribution in [-0.4, -0.2) is 24.7 Å². The number of aromatic nitrogens is 5. The highest BCUT2D eigenvalue weighted by Crippen LogP contribution is 2.22. The van der Waals surface area contributed by atoms with E-state index in [2.05, 4.69) is 20.1 Å². The van der Waals surface area contributed by atoms with E-state index >= 15 is 0 Å². The zero-order chi connectivity index (χ0) is 14.1. The van der Waals surface area contributed by atoms with Gasteiger partial charge < -0.3 is 4.98 Å². The first-order chi connectivity index (χ1) is 9.63. The van der Waals surface area contributed by atoms with E-state index in [1.54, 1.807) is 23.3 Å². The molecule has 0 unspecified atom stereocenters. The molecule has 20 heavy (non-hydrogen) atoms.